The van der Waals surface area contributed by atoms with Crippen molar-refractivity contribution >= 4 is 11.6 Å². The third-order valence-electron chi connectivity index (χ3n) is 3.60. The van der Waals surface area contributed by atoms with Crippen LogP contribution in [0.5, 0.6) is 17.2 Å². The summed E-state index contributed by atoms with van der Waals surface area (Å²) >= 11 is 0. The number of nitro benzene ring substituents is 1. The molecule has 0 unspecified atom stereocenters. The molecule has 0 atom stereocenters. The molecule has 0 fully saturated rings. The van der Waals surface area contributed by atoms with E-state index in [4.69, 9.17) is 9.47 Å². The number of carbonyl (C=O) groups excluding carboxylic acids is 1. The normalized spacial score (nSPS) is 10.2. The van der Waals surface area contributed by atoms with Gasteiger partial charge in [0.05, 0.1) is 24.7 Å². The SMILES string of the molecule is COc1ccc(CCNC(=O)c2cccc([N+](=O)[O-])c2O)cc1OC. The summed E-state index contributed by atoms with van der Waals surface area (Å²) in [7, 11) is 3.08. The molecule has 0 spiro atoms. The fourth-order valence-electron chi connectivity index (χ4n) is 2.31. The monoisotopic (exact) mass is 346 g/mol. The lowest BCUT2D eigenvalue weighted by molar-refractivity contribution is -0.385. The summed E-state index contributed by atoms with van der Waals surface area (Å²) in [5.74, 6) is -0.0303. The molecule has 0 bridgehead atoms. The molecule has 0 aliphatic rings. The number of hydrogen-bond donors (Lipinski definition) is 2. The van der Waals surface area contributed by atoms with Crippen LogP contribution >= 0.6 is 0 Å². The number of phenolic OH excluding ortho intramolecular Hbond substituents is 1. The number of nitro groups is 1. The van der Waals surface area contributed by atoms with Crippen molar-refractivity contribution < 1.29 is 24.3 Å². The van der Waals surface area contributed by atoms with Crippen molar-refractivity contribution in [3.63, 3.8) is 0 Å². The quantitative estimate of drug-likeness (QED) is 0.588. The van der Waals surface area contributed by atoms with Crippen molar-refractivity contribution in [1.82, 2.24) is 5.32 Å². The third kappa shape index (κ3) is 4.17. The van der Waals surface area contributed by atoms with Crippen LogP contribution in [0.4, 0.5) is 5.69 Å². The molecule has 0 aliphatic carbocycles. The Hall–Kier alpha value is -3.29. The molecule has 0 saturated carbocycles. The first-order chi connectivity index (χ1) is 12.0. The van der Waals surface area contributed by atoms with Crippen LogP contribution in [0.1, 0.15) is 15.9 Å². The smallest absolute Gasteiger partial charge is 0.311 e. The van der Waals surface area contributed by atoms with E-state index in [9.17, 15) is 20.0 Å². The van der Waals surface area contributed by atoms with Crippen molar-refractivity contribution in [2.24, 2.45) is 0 Å². The Labute approximate surface area is 144 Å². The zero-order chi connectivity index (χ0) is 18.4. The second-order valence-corrected chi connectivity index (χ2v) is 5.13. The van der Waals surface area contributed by atoms with Crippen LogP contribution in [-0.4, -0.2) is 36.7 Å². The van der Waals surface area contributed by atoms with Gasteiger partial charge in [-0.25, -0.2) is 0 Å². The first-order valence-corrected chi connectivity index (χ1v) is 7.43. The number of hydrogen-bond acceptors (Lipinski definition) is 6. The first-order valence-electron chi connectivity index (χ1n) is 7.43. The Morgan fingerprint density at radius 3 is 2.56 bits per heavy atom. The van der Waals surface area contributed by atoms with E-state index in [0.717, 1.165) is 11.6 Å². The fraction of sp³-hybridized carbons (Fsp3) is 0.235. The highest BCUT2D eigenvalue weighted by Crippen LogP contribution is 2.29. The van der Waals surface area contributed by atoms with E-state index in [1.165, 1.54) is 19.2 Å². The van der Waals surface area contributed by atoms with Gasteiger partial charge in [0, 0.05) is 12.6 Å². The van der Waals surface area contributed by atoms with Crippen LogP contribution in [0.2, 0.25) is 0 Å². The fourth-order valence-corrected chi connectivity index (χ4v) is 2.31. The van der Waals surface area contributed by atoms with Crippen molar-refractivity contribution in [2.75, 3.05) is 20.8 Å². The third-order valence-corrected chi connectivity index (χ3v) is 3.60. The summed E-state index contributed by atoms with van der Waals surface area (Å²) in [5.41, 5.74) is 0.273. The van der Waals surface area contributed by atoms with Gasteiger partial charge in [-0.15, -0.1) is 0 Å². The van der Waals surface area contributed by atoms with Crippen LogP contribution in [0.3, 0.4) is 0 Å². The maximum Gasteiger partial charge on any atom is 0.311 e. The van der Waals surface area contributed by atoms with Gasteiger partial charge in [0.15, 0.2) is 11.5 Å². The predicted molar refractivity (Wildman–Crippen MR) is 90.3 cm³/mol. The van der Waals surface area contributed by atoms with Gasteiger partial charge < -0.3 is 19.9 Å². The highest BCUT2D eigenvalue weighted by Gasteiger charge is 2.20. The molecule has 2 rings (SSSR count). The Bertz CT molecular complexity index is 791. The van der Waals surface area contributed by atoms with Gasteiger partial charge >= 0.3 is 5.69 Å². The van der Waals surface area contributed by atoms with Crippen LogP contribution in [0.15, 0.2) is 36.4 Å². The molecule has 8 nitrogen and oxygen atoms in total. The van der Waals surface area contributed by atoms with Gasteiger partial charge in [-0.05, 0) is 30.2 Å². The van der Waals surface area contributed by atoms with E-state index in [2.05, 4.69) is 5.32 Å². The van der Waals surface area contributed by atoms with Crippen LogP contribution in [0.25, 0.3) is 0 Å². The van der Waals surface area contributed by atoms with Crippen LogP contribution in [0, 0.1) is 10.1 Å². The topological polar surface area (TPSA) is 111 Å². The van der Waals surface area contributed by atoms with Crippen molar-refractivity contribution in [3.05, 3.63) is 57.6 Å². The minimum Gasteiger partial charge on any atom is -0.502 e. The Morgan fingerprint density at radius 2 is 1.92 bits per heavy atom. The van der Waals surface area contributed by atoms with Gasteiger partial charge in [-0.3, -0.25) is 14.9 Å². The zero-order valence-corrected chi connectivity index (χ0v) is 13.8. The lowest BCUT2D eigenvalue weighted by Gasteiger charge is -2.10. The highest BCUT2D eigenvalue weighted by atomic mass is 16.6. The molecule has 25 heavy (non-hydrogen) atoms. The van der Waals surface area contributed by atoms with Crippen LogP contribution in [-0.2, 0) is 6.42 Å². The highest BCUT2D eigenvalue weighted by molar-refractivity contribution is 5.98. The van der Waals surface area contributed by atoms with Crippen molar-refractivity contribution in [2.45, 2.75) is 6.42 Å². The summed E-state index contributed by atoms with van der Waals surface area (Å²) < 4.78 is 10.4. The number of nitrogens with one attached hydrogen (secondary N) is 1. The number of rotatable bonds is 7. The minimum atomic E-state index is -0.740. The molecular weight excluding hydrogens is 328 g/mol. The number of amides is 1. The maximum absolute atomic E-state index is 12.1. The van der Waals surface area contributed by atoms with Crippen molar-refractivity contribution in [3.8, 4) is 17.2 Å². The minimum absolute atomic E-state index is 0.137. The Kier molecular flexibility index (Phi) is 5.78. The Morgan fingerprint density at radius 1 is 1.20 bits per heavy atom. The van der Waals surface area contributed by atoms with E-state index in [1.807, 2.05) is 6.07 Å². The molecule has 2 N–H and O–H groups in total. The van der Waals surface area contributed by atoms with Crippen LogP contribution < -0.4 is 14.8 Å². The van der Waals surface area contributed by atoms with Crippen molar-refractivity contribution in [1.29, 1.82) is 0 Å². The second kappa shape index (κ2) is 8.00. The Balaban J connectivity index is 2.02. The molecule has 0 radical (unpaired) electrons. The number of aromatic hydroxyl groups is 1. The molecule has 2 aromatic carbocycles. The summed E-state index contributed by atoms with van der Waals surface area (Å²) in [6.07, 6.45) is 0.516. The predicted octanol–water partition coefficient (Wildman–Crippen LogP) is 2.29. The number of methoxy groups -OCH3 is 2. The second-order valence-electron chi connectivity index (χ2n) is 5.13. The van der Waals surface area contributed by atoms with Gasteiger partial charge in [-0.1, -0.05) is 12.1 Å². The van der Waals surface area contributed by atoms with Gasteiger partial charge in [0.1, 0.15) is 0 Å². The first kappa shape index (κ1) is 18.1. The molecular formula is C17H18N2O6. The molecule has 0 heterocycles. The average molecular weight is 346 g/mol. The number of phenols is 1. The summed E-state index contributed by atoms with van der Waals surface area (Å²) in [5, 5.41) is 23.3. The molecule has 0 aromatic heterocycles. The summed E-state index contributed by atoms with van der Waals surface area (Å²) in [6.45, 7) is 0.288. The molecule has 2 aromatic rings. The van der Waals surface area contributed by atoms with E-state index in [-0.39, 0.29) is 12.1 Å². The molecule has 1 amide bonds. The zero-order valence-electron chi connectivity index (χ0n) is 13.8. The summed E-state index contributed by atoms with van der Waals surface area (Å²) in [6, 6.07) is 9.22. The van der Waals surface area contributed by atoms with E-state index in [1.54, 1.807) is 19.2 Å². The van der Waals surface area contributed by atoms with E-state index < -0.39 is 22.3 Å². The molecule has 132 valence electrons. The number of nitrogens with zero attached hydrogens (tertiary/aromatic N) is 1. The van der Waals surface area contributed by atoms with E-state index >= 15 is 0 Å². The lowest BCUT2D eigenvalue weighted by atomic mass is 10.1. The lowest BCUT2D eigenvalue weighted by Crippen LogP contribution is -2.25. The molecule has 0 saturated heterocycles. The maximum atomic E-state index is 12.1. The largest absolute Gasteiger partial charge is 0.502 e. The van der Waals surface area contributed by atoms with E-state index in [0.29, 0.717) is 17.9 Å². The van der Waals surface area contributed by atoms with Gasteiger partial charge in [-0.2, -0.15) is 0 Å². The number of benzene rings is 2. The molecule has 8 heteroatoms. The van der Waals surface area contributed by atoms with Gasteiger partial charge in [0.25, 0.3) is 5.91 Å². The standard InChI is InChI=1S/C17H18N2O6/c1-24-14-7-6-11(10-15(14)25-2)8-9-18-17(21)12-4-3-5-13(16(12)20)19(22)23/h3-7,10,20H,8-9H2,1-2H3,(H,18,21). The van der Waals surface area contributed by atoms with Gasteiger partial charge in [0.2, 0.25) is 5.75 Å². The average Bonchev–Trinajstić information content (AvgIpc) is 2.61. The number of ether oxygens (including phenoxy) is 2. The number of carbonyl (C=O) groups is 1. The summed E-state index contributed by atoms with van der Waals surface area (Å²) in [4.78, 5) is 22.2. The number of para-hydroxylation sites is 1. The molecule has 0 aliphatic heterocycles.